The van der Waals surface area contributed by atoms with Gasteiger partial charge in [0.1, 0.15) is 0 Å². The number of rotatable bonds is 7. The molecule has 0 aromatic carbocycles. The molecule has 2 aromatic heterocycles. The molecule has 3 rings (SSSR count). The maximum Gasteiger partial charge on any atom is 0.238 e. The number of aromatic nitrogens is 4. The zero-order valence-electron chi connectivity index (χ0n) is 14.4. The largest absolute Gasteiger partial charge is 0.339 e. The van der Waals surface area contributed by atoms with Crippen LogP contribution in [0.1, 0.15) is 49.5 Å². The van der Waals surface area contributed by atoms with Crippen LogP contribution in [0.4, 0.5) is 5.69 Å². The summed E-state index contributed by atoms with van der Waals surface area (Å²) in [6, 6.07) is 0. The van der Waals surface area contributed by atoms with E-state index in [1.165, 1.54) is 6.42 Å². The number of carbonyl (C=O) groups is 1. The van der Waals surface area contributed by atoms with E-state index in [-0.39, 0.29) is 12.5 Å². The van der Waals surface area contributed by atoms with E-state index in [1.807, 2.05) is 25.8 Å². The second kappa shape index (κ2) is 7.12. The van der Waals surface area contributed by atoms with Crippen LogP contribution in [0.15, 0.2) is 10.7 Å². The standard InChI is InChI=1S/C16H24N6O2/c1-4-22(9-14-19-16(24-20-14)12-6-5-7-12)10-15(23)18-13-8-17-21(3)11(13)2/h8,12H,4-7,9-10H2,1-3H3,(H,18,23). The minimum absolute atomic E-state index is 0.0735. The number of carbonyl (C=O) groups excluding carboxylic acids is 1. The van der Waals surface area contributed by atoms with Crippen molar-refractivity contribution in [1.29, 1.82) is 0 Å². The number of anilines is 1. The highest BCUT2D eigenvalue weighted by molar-refractivity contribution is 5.92. The summed E-state index contributed by atoms with van der Waals surface area (Å²) >= 11 is 0. The Bertz CT molecular complexity index is 703. The molecule has 130 valence electrons. The molecule has 0 radical (unpaired) electrons. The van der Waals surface area contributed by atoms with Gasteiger partial charge in [-0.1, -0.05) is 18.5 Å². The van der Waals surface area contributed by atoms with E-state index in [0.29, 0.717) is 18.3 Å². The molecule has 0 aliphatic heterocycles. The van der Waals surface area contributed by atoms with Crippen LogP contribution >= 0.6 is 0 Å². The molecule has 0 atom stereocenters. The average molecular weight is 332 g/mol. The fraction of sp³-hybridized carbons (Fsp3) is 0.625. The lowest BCUT2D eigenvalue weighted by Gasteiger charge is -2.20. The highest BCUT2D eigenvalue weighted by atomic mass is 16.5. The minimum atomic E-state index is -0.0735. The highest BCUT2D eigenvalue weighted by Crippen LogP contribution is 2.35. The third-order valence-electron chi connectivity index (χ3n) is 4.63. The molecule has 2 aromatic rings. The van der Waals surface area contributed by atoms with Gasteiger partial charge in [-0.15, -0.1) is 0 Å². The summed E-state index contributed by atoms with van der Waals surface area (Å²) in [5.41, 5.74) is 1.67. The fourth-order valence-corrected chi connectivity index (χ4v) is 2.65. The lowest BCUT2D eigenvalue weighted by atomic mass is 9.85. The normalized spacial score (nSPS) is 14.8. The molecule has 1 aliphatic carbocycles. The Hall–Kier alpha value is -2.22. The van der Waals surface area contributed by atoms with Gasteiger partial charge in [-0.2, -0.15) is 10.1 Å². The van der Waals surface area contributed by atoms with Gasteiger partial charge in [0.2, 0.25) is 11.8 Å². The van der Waals surface area contributed by atoms with Crippen LogP contribution in [0.5, 0.6) is 0 Å². The summed E-state index contributed by atoms with van der Waals surface area (Å²) in [4.78, 5) is 18.7. The first-order valence-electron chi connectivity index (χ1n) is 8.40. The van der Waals surface area contributed by atoms with Gasteiger partial charge < -0.3 is 9.84 Å². The highest BCUT2D eigenvalue weighted by Gasteiger charge is 2.25. The lowest BCUT2D eigenvalue weighted by Crippen LogP contribution is -2.33. The zero-order chi connectivity index (χ0) is 17.1. The first kappa shape index (κ1) is 16.6. The average Bonchev–Trinajstić information content (AvgIpc) is 3.07. The van der Waals surface area contributed by atoms with E-state index in [4.69, 9.17) is 4.52 Å². The van der Waals surface area contributed by atoms with Crippen LogP contribution in [0, 0.1) is 6.92 Å². The second-order valence-corrected chi connectivity index (χ2v) is 6.30. The monoisotopic (exact) mass is 332 g/mol. The number of nitrogens with one attached hydrogen (secondary N) is 1. The van der Waals surface area contributed by atoms with Crippen LogP contribution < -0.4 is 5.32 Å². The molecule has 1 fully saturated rings. The van der Waals surface area contributed by atoms with Crippen molar-refractivity contribution in [3.63, 3.8) is 0 Å². The number of aryl methyl sites for hydroxylation is 1. The summed E-state index contributed by atoms with van der Waals surface area (Å²) in [5, 5.41) is 11.1. The van der Waals surface area contributed by atoms with E-state index in [1.54, 1.807) is 10.9 Å². The van der Waals surface area contributed by atoms with Gasteiger partial charge in [0.25, 0.3) is 0 Å². The van der Waals surface area contributed by atoms with E-state index >= 15 is 0 Å². The Kier molecular flexibility index (Phi) is 4.94. The molecule has 0 bridgehead atoms. The van der Waals surface area contributed by atoms with Crippen molar-refractivity contribution in [3.8, 4) is 0 Å². The lowest BCUT2D eigenvalue weighted by molar-refractivity contribution is -0.117. The molecule has 24 heavy (non-hydrogen) atoms. The summed E-state index contributed by atoms with van der Waals surface area (Å²) in [6.45, 7) is 5.44. The van der Waals surface area contributed by atoms with E-state index in [0.717, 1.165) is 36.7 Å². The summed E-state index contributed by atoms with van der Waals surface area (Å²) < 4.78 is 7.06. The quantitative estimate of drug-likeness (QED) is 0.832. The van der Waals surface area contributed by atoms with Gasteiger partial charge in [-0.25, -0.2) is 0 Å². The minimum Gasteiger partial charge on any atom is -0.339 e. The molecular weight excluding hydrogens is 308 g/mol. The molecule has 8 nitrogen and oxygen atoms in total. The Balaban J connectivity index is 1.54. The SMILES string of the molecule is CCN(CC(=O)Nc1cnn(C)c1C)Cc1noc(C2CCC2)n1. The summed E-state index contributed by atoms with van der Waals surface area (Å²) in [6.07, 6.45) is 5.16. The third-order valence-corrected chi connectivity index (χ3v) is 4.63. The van der Waals surface area contributed by atoms with Crippen molar-refractivity contribution in [2.24, 2.45) is 7.05 Å². The topological polar surface area (TPSA) is 89.1 Å². The van der Waals surface area contributed by atoms with Crippen molar-refractivity contribution in [2.45, 2.75) is 45.6 Å². The van der Waals surface area contributed by atoms with Crippen LogP contribution in [0.3, 0.4) is 0 Å². The first-order valence-corrected chi connectivity index (χ1v) is 8.40. The summed E-state index contributed by atoms with van der Waals surface area (Å²) in [7, 11) is 1.85. The molecule has 0 unspecified atom stereocenters. The fourth-order valence-electron chi connectivity index (χ4n) is 2.65. The van der Waals surface area contributed by atoms with Crippen LogP contribution in [-0.2, 0) is 18.4 Å². The second-order valence-electron chi connectivity index (χ2n) is 6.30. The molecule has 2 heterocycles. The number of likely N-dealkylation sites (N-methyl/N-ethyl adjacent to an activating group) is 1. The van der Waals surface area contributed by atoms with Gasteiger partial charge in [-0.05, 0) is 26.3 Å². The Labute approximate surface area is 141 Å². The number of hydrogen-bond acceptors (Lipinski definition) is 6. The molecule has 1 aliphatic rings. The number of nitrogens with zero attached hydrogens (tertiary/aromatic N) is 5. The number of amides is 1. The van der Waals surface area contributed by atoms with Crippen molar-refractivity contribution in [2.75, 3.05) is 18.4 Å². The smallest absolute Gasteiger partial charge is 0.238 e. The maximum absolute atomic E-state index is 12.2. The predicted molar refractivity (Wildman–Crippen MR) is 88.4 cm³/mol. The number of hydrogen-bond donors (Lipinski definition) is 1. The van der Waals surface area contributed by atoms with Crippen LogP contribution in [0.2, 0.25) is 0 Å². The summed E-state index contributed by atoms with van der Waals surface area (Å²) in [5.74, 6) is 1.74. The molecule has 1 amide bonds. The van der Waals surface area contributed by atoms with Crippen LogP contribution in [-0.4, -0.2) is 43.8 Å². The van der Waals surface area contributed by atoms with E-state index in [2.05, 4.69) is 20.6 Å². The van der Waals surface area contributed by atoms with Crippen molar-refractivity contribution in [3.05, 3.63) is 23.6 Å². The molecule has 0 saturated heterocycles. The van der Waals surface area contributed by atoms with E-state index < -0.39 is 0 Å². The molecule has 1 N–H and O–H groups in total. The van der Waals surface area contributed by atoms with Gasteiger partial charge in [-0.3, -0.25) is 14.4 Å². The predicted octanol–water partition coefficient (Wildman–Crippen LogP) is 1.84. The molecule has 0 spiro atoms. The zero-order valence-corrected chi connectivity index (χ0v) is 14.4. The van der Waals surface area contributed by atoms with Gasteiger partial charge in [0.15, 0.2) is 5.82 Å². The molecular formula is C16H24N6O2. The van der Waals surface area contributed by atoms with Gasteiger partial charge in [0.05, 0.1) is 30.7 Å². The molecule has 1 saturated carbocycles. The Morgan fingerprint density at radius 3 is 2.88 bits per heavy atom. The van der Waals surface area contributed by atoms with E-state index in [9.17, 15) is 4.79 Å². The van der Waals surface area contributed by atoms with Crippen molar-refractivity contribution >= 4 is 11.6 Å². The maximum atomic E-state index is 12.2. The van der Waals surface area contributed by atoms with Crippen molar-refractivity contribution in [1.82, 2.24) is 24.8 Å². The third kappa shape index (κ3) is 3.64. The van der Waals surface area contributed by atoms with Crippen molar-refractivity contribution < 1.29 is 9.32 Å². The van der Waals surface area contributed by atoms with Gasteiger partial charge >= 0.3 is 0 Å². The van der Waals surface area contributed by atoms with Gasteiger partial charge in [0, 0.05) is 13.0 Å². The Morgan fingerprint density at radius 2 is 2.29 bits per heavy atom. The van der Waals surface area contributed by atoms with Crippen LogP contribution in [0.25, 0.3) is 0 Å². The molecule has 8 heteroatoms. The Morgan fingerprint density at radius 1 is 1.50 bits per heavy atom. The first-order chi connectivity index (χ1) is 11.6.